The molecule has 1 aromatic carbocycles. The van der Waals surface area contributed by atoms with Gasteiger partial charge in [-0.2, -0.15) is 0 Å². The van der Waals surface area contributed by atoms with Crippen LogP contribution in [0.3, 0.4) is 0 Å². The monoisotopic (exact) mass is 263 g/mol. The van der Waals surface area contributed by atoms with Gasteiger partial charge in [-0.25, -0.2) is 0 Å². The highest BCUT2D eigenvalue weighted by Crippen LogP contribution is 2.31. The van der Waals surface area contributed by atoms with E-state index in [9.17, 15) is 9.59 Å². The number of hydrogen-bond donors (Lipinski definition) is 2. The predicted octanol–water partition coefficient (Wildman–Crippen LogP) is 1.20. The van der Waals surface area contributed by atoms with Crippen LogP contribution in [0, 0.1) is 13.8 Å². The quantitative estimate of drug-likeness (QED) is 0.855. The van der Waals surface area contributed by atoms with Crippen LogP contribution in [0.5, 0.6) is 5.75 Å². The maximum Gasteiger partial charge on any atom is 0.305 e. The molecule has 19 heavy (non-hydrogen) atoms. The van der Waals surface area contributed by atoms with Gasteiger partial charge in [-0.3, -0.25) is 9.59 Å². The van der Waals surface area contributed by atoms with Gasteiger partial charge in [-0.15, -0.1) is 0 Å². The third kappa shape index (κ3) is 3.05. The number of amides is 1. The first-order valence-electron chi connectivity index (χ1n) is 6.23. The molecular formula is C14H17NO4. The average Bonchev–Trinajstić information content (AvgIpc) is 2.72. The molecule has 2 N–H and O–H groups in total. The number of aliphatic carboxylic acids is 1. The van der Waals surface area contributed by atoms with E-state index in [1.54, 1.807) is 0 Å². The number of ether oxygens (including phenoxy) is 1. The number of aryl methyl sites for hydroxylation is 2. The van der Waals surface area contributed by atoms with E-state index in [-0.39, 0.29) is 18.9 Å². The molecule has 0 fully saturated rings. The summed E-state index contributed by atoms with van der Waals surface area (Å²) in [6.07, 6.45) is -0.0936. The summed E-state index contributed by atoms with van der Waals surface area (Å²) in [5.41, 5.74) is 3.33. The van der Waals surface area contributed by atoms with Gasteiger partial charge in [0.25, 0.3) is 5.91 Å². The molecule has 0 bridgehead atoms. The second-order valence-corrected chi connectivity index (χ2v) is 4.79. The van der Waals surface area contributed by atoms with Gasteiger partial charge < -0.3 is 15.2 Å². The summed E-state index contributed by atoms with van der Waals surface area (Å²) in [5.74, 6) is -0.434. The number of carbonyl (C=O) groups excluding carboxylic acids is 1. The van der Waals surface area contributed by atoms with E-state index in [0.29, 0.717) is 6.42 Å². The van der Waals surface area contributed by atoms with Crippen LogP contribution in [-0.2, 0) is 16.0 Å². The van der Waals surface area contributed by atoms with Crippen molar-refractivity contribution in [1.82, 2.24) is 5.32 Å². The van der Waals surface area contributed by atoms with Crippen molar-refractivity contribution < 1.29 is 19.4 Å². The number of nitrogens with one attached hydrogen (secondary N) is 1. The van der Waals surface area contributed by atoms with Crippen molar-refractivity contribution >= 4 is 11.9 Å². The summed E-state index contributed by atoms with van der Waals surface area (Å²) in [5, 5.41) is 11.1. The van der Waals surface area contributed by atoms with Crippen molar-refractivity contribution in [1.29, 1.82) is 0 Å². The van der Waals surface area contributed by atoms with Gasteiger partial charge in [-0.05, 0) is 36.6 Å². The Kier molecular flexibility index (Phi) is 3.74. The lowest BCUT2D eigenvalue weighted by Gasteiger charge is -2.10. The fourth-order valence-electron chi connectivity index (χ4n) is 2.07. The summed E-state index contributed by atoms with van der Waals surface area (Å²) < 4.78 is 5.60. The number of carbonyl (C=O) groups is 2. The molecule has 0 spiro atoms. The number of fused-ring (bicyclic) bond motifs is 1. The summed E-state index contributed by atoms with van der Waals surface area (Å²) >= 11 is 0. The van der Waals surface area contributed by atoms with E-state index in [0.717, 1.165) is 16.9 Å². The molecule has 1 aliphatic heterocycles. The van der Waals surface area contributed by atoms with Crippen LogP contribution in [-0.4, -0.2) is 29.6 Å². The van der Waals surface area contributed by atoms with Crippen LogP contribution < -0.4 is 10.1 Å². The Balaban J connectivity index is 1.96. The highest BCUT2D eigenvalue weighted by molar-refractivity contribution is 5.83. The Labute approximate surface area is 111 Å². The van der Waals surface area contributed by atoms with E-state index >= 15 is 0 Å². The smallest absolute Gasteiger partial charge is 0.305 e. The molecule has 0 unspecified atom stereocenters. The minimum Gasteiger partial charge on any atom is -0.481 e. The largest absolute Gasteiger partial charge is 0.481 e. The van der Waals surface area contributed by atoms with Crippen LogP contribution in [0.25, 0.3) is 0 Å². The minimum atomic E-state index is -0.929. The van der Waals surface area contributed by atoms with E-state index in [1.165, 1.54) is 5.56 Å². The summed E-state index contributed by atoms with van der Waals surface area (Å²) in [7, 11) is 0. The second kappa shape index (κ2) is 5.30. The lowest BCUT2D eigenvalue weighted by Crippen LogP contribution is -2.38. The molecule has 0 radical (unpaired) electrons. The van der Waals surface area contributed by atoms with Gasteiger partial charge in [0.1, 0.15) is 5.75 Å². The van der Waals surface area contributed by atoms with Crippen LogP contribution in [0.1, 0.15) is 23.1 Å². The normalized spacial score (nSPS) is 16.6. The van der Waals surface area contributed by atoms with Crippen molar-refractivity contribution in [3.05, 3.63) is 28.8 Å². The zero-order chi connectivity index (χ0) is 14.0. The zero-order valence-electron chi connectivity index (χ0n) is 11.0. The Bertz CT molecular complexity index is 493. The predicted molar refractivity (Wildman–Crippen MR) is 69.3 cm³/mol. The SMILES string of the molecule is Cc1cc2c(cc1C)O[C@H](C(=O)NCCC(=O)O)C2. The number of benzene rings is 1. The fraction of sp³-hybridized carbons (Fsp3) is 0.429. The lowest BCUT2D eigenvalue weighted by molar-refractivity contribution is -0.137. The summed E-state index contributed by atoms with van der Waals surface area (Å²) in [6.45, 7) is 4.15. The van der Waals surface area contributed by atoms with E-state index < -0.39 is 12.1 Å². The molecule has 1 amide bonds. The summed E-state index contributed by atoms with van der Waals surface area (Å²) in [4.78, 5) is 22.2. The molecule has 1 aliphatic rings. The molecule has 5 heteroatoms. The summed E-state index contributed by atoms with van der Waals surface area (Å²) in [6, 6.07) is 3.98. The molecule has 0 aliphatic carbocycles. The maximum absolute atomic E-state index is 11.8. The molecule has 0 aromatic heterocycles. The van der Waals surface area contributed by atoms with Crippen LogP contribution in [0.15, 0.2) is 12.1 Å². The Morgan fingerprint density at radius 1 is 1.37 bits per heavy atom. The van der Waals surface area contributed by atoms with Crippen molar-refractivity contribution in [2.75, 3.05) is 6.54 Å². The standard InChI is InChI=1S/C14H17NO4/c1-8-5-10-7-12(19-11(10)6-9(8)2)14(18)15-4-3-13(16)17/h5-6,12H,3-4,7H2,1-2H3,(H,15,18)(H,16,17)/t12-/m0/s1. The highest BCUT2D eigenvalue weighted by Gasteiger charge is 2.29. The topological polar surface area (TPSA) is 75.6 Å². The third-order valence-corrected chi connectivity index (χ3v) is 3.28. The van der Waals surface area contributed by atoms with Gasteiger partial charge in [0, 0.05) is 13.0 Å². The van der Waals surface area contributed by atoms with Crippen LogP contribution in [0.4, 0.5) is 0 Å². The molecule has 0 saturated heterocycles. The van der Waals surface area contributed by atoms with Crippen molar-refractivity contribution in [3.8, 4) is 5.75 Å². The maximum atomic E-state index is 11.8. The molecular weight excluding hydrogens is 246 g/mol. The average molecular weight is 263 g/mol. The number of rotatable bonds is 4. The molecule has 102 valence electrons. The Morgan fingerprint density at radius 3 is 2.74 bits per heavy atom. The van der Waals surface area contributed by atoms with E-state index in [1.807, 2.05) is 26.0 Å². The number of carboxylic acid groups (broad SMARTS) is 1. The third-order valence-electron chi connectivity index (χ3n) is 3.28. The van der Waals surface area contributed by atoms with Crippen molar-refractivity contribution in [2.45, 2.75) is 32.8 Å². The van der Waals surface area contributed by atoms with Gasteiger partial charge >= 0.3 is 5.97 Å². The van der Waals surface area contributed by atoms with Crippen molar-refractivity contribution in [2.24, 2.45) is 0 Å². The van der Waals surface area contributed by atoms with Gasteiger partial charge in [0.2, 0.25) is 0 Å². The van der Waals surface area contributed by atoms with Gasteiger partial charge in [-0.1, -0.05) is 6.07 Å². The van der Waals surface area contributed by atoms with Gasteiger partial charge in [0.05, 0.1) is 6.42 Å². The van der Waals surface area contributed by atoms with Gasteiger partial charge in [0.15, 0.2) is 6.10 Å². The number of hydrogen-bond acceptors (Lipinski definition) is 3. The number of carboxylic acids is 1. The Morgan fingerprint density at radius 2 is 2.05 bits per heavy atom. The second-order valence-electron chi connectivity index (χ2n) is 4.79. The Hall–Kier alpha value is -2.04. The molecule has 1 atom stereocenters. The molecule has 1 heterocycles. The first kappa shape index (κ1) is 13.4. The van der Waals surface area contributed by atoms with Crippen LogP contribution in [0.2, 0.25) is 0 Å². The minimum absolute atomic E-state index is 0.0797. The van der Waals surface area contributed by atoms with E-state index in [4.69, 9.17) is 9.84 Å². The zero-order valence-corrected chi connectivity index (χ0v) is 11.0. The van der Waals surface area contributed by atoms with Crippen LogP contribution >= 0.6 is 0 Å². The molecule has 1 aromatic rings. The first-order chi connectivity index (χ1) is 8.97. The van der Waals surface area contributed by atoms with E-state index in [2.05, 4.69) is 5.32 Å². The lowest BCUT2D eigenvalue weighted by atomic mass is 10.0. The fourth-order valence-corrected chi connectivity index (χ4v) is 2.07. The highest BCUT2D eigenvalue weighted by atomic mass is 16.5. The molecule has 5 nitrogen and oxygen atoms in total. The van der Waals surface area contributed by atoms with Crippen molar-refractivity contribution in [3.63, 3.8) is 0 Å². The molecule has 2 rings (SSSR count). The molecule has 0 saturated carbocycles. The first-order valence-corrected chi connectivity index (χ1v) is 6.23.